The molecule has 0 fully saturated rings. The molecule has 0 atom stereocenters. The molecule has 32 valence electrons. The standard InChI is InChI=1S/C2H2N2OS/c3-4-1-2(5)6/h1H,(H,5,6). The molecule has 0 aromatic heterocycles. The predicted octanol–water partition coefficient (Wildman–Crippen LogP) is -0.257. The van der Waals surface area contributed by atoms with Crippen LogP contribution in [0.15, 0.2) is 0 Å². The van der Waals surface area contributed by atoms with E-state index in [9.17, 15) is 4.79 Å². The zero-order valence-corrected chi connectivity index (χ0v) is 3.72. The molecule has 0 unspecified atom stereocenters. The number of thiol groups is 1. The van der Waals surface area contributed by atoms with Gasteiger partial charge in [0.1, 0.15) is 0 Å². The molecule has 0 spiro atoms. The van der Waals surface area contributed by atoms with E-state index in [1.807, 2.05) is 0 Å². The molecular formula is C2H2N2OS. The molecule has 0 heterocycles. The maximum Gasteiger partial charge on any atom is 0.333 e. The van der Waals surface area contributed by atoms with Gasteiger partial charge in [-0.15, -0.1) is 0 Å². The van der Waals surface area contributed by atoms with Gasteiger partial charge in [-0.2, -0.15) is 4.79 Å². The first kappa shape index (κ1) is 5.40. The number of rotatable bonds is 1. The van der Waals surface area contributed by atoms with Gasteiger partial charge in [-0.05, 0) is 0 Å². The highest BCUT2D eigenvalue weighted by Gasteiger charge is 1.85. The molecule has 0 rings (SSSR count). The van der Waals surface area contributed by atoms with Crippen molar-refractivity contribution in [3.05, 3.63) is 5.53 Å². The summed E-state index contributed by atoms with van der Waals surface area (Å²) in [5.41, 5.74) is 7.54. The van der Waals surface area contributed by atoms with E-state index in [1.54, 1.807) is 0 Å². The predicted molar refractivity (Wildman–Crippen MR) is 23.7 cm³/mol. The second kappa shape index (κ2) is 2.63. The Bertz CT molecular complexity index is 104. The first-order valence-electron chi connectivity index (χ1n) is 1.17. The molecule has 4 heteroatoms. The highest BCUT2D eigenvalue weighted by atomic mass is 32.1. The first-order chi connectivity index (χ1) is 2.77. The zero-order chi connectivity index (χ0) is 4.99. The Labute approximate surface area is 40.0 Å². The second-order valence-electron chi connectivity index (χ2n) is 0.583. The summed E-state index contributed by atoms with van der Waals surface area (Å²) in [6.07, 6.45) is 0.698. The third-order valence-corrected chi connectivity index (χ3v) is 0.284. The average molecular weight is 102 g/mol. The Morgan fingerprint density at radius 1 is 2.00 bits per heavy atom. The van der Waals surface area contributed by atoms with Gasteiger partial charge >= 0.3 is 6.21 Å². The molecule has 0 aliphatic carbocycles. The lowest BCUT2D eigenvalue weighted by Gasteiger charge is -1.54. The normalized spacial score (nSPS) is 6.17. The number of carbonyl (C=O) groups is 1. The van der Waals surface area contributed by atoms with E-state index in [-0.39, 0.29) is 0 Å². The smallest absolute Gasteiger partial charge is 0.333 e. The average Bonchev–Trinajstić information content (AvgIpc) is 1.35. The van der Waals surface area contributed by atoms with Crippen LogP contribution in [0.1, 0.15) is 0 Å². The molecule has 6 heavy (non-hydrogen) atoms. The van der Waals surface area contributed by atoms with Crippen molar-refractivity contribution in [2.24, 2.45) is 0 Å². The minimum atomic E-state index is -0.558. The maximum atomic E-state index is 9.60. The van der Waals surface area contributed by atoms with Gasteiger partial charge in [-0.3, -0.25) is 4.79 Å². The highest BCUT2D eigenvalue weighted by Crippen LogP contribution is 1.64. The van der Waals surface area contributed by atoms with Gasteiger partial charge in [-0.1, -0.05) is 12.6 Å². The van der Waals surface area contributed by atoms with Gasteiger partial charge in [0.2, 0.25) is 0 Å². The summed E-state index contributed by atoms with van der Waals surface area (Å²) >= 11 is 3.23. The van der Waals surface area contributed by atoms with E-state index >= 15 is 0 Å². The van der Waals surface area contributed by atoms with Crippen molar-refractivity contribution in [2.75, 3.05) is 0 Å². The highest BCUT2D eigenvalue weighted by molar-refractivity contribution is 7.98. The van der Waals surface area contributed by atoms with E-state index in [0.717, 1.165) is 0 Å². The molecule has 0 radical (unpaired) electrons. The van der Waals surface area contributed by atoms with E-state index < -0.39 is 5.12 Å². The minimum Gasteiger partial charge on any atom is -0.361 e. The van der Waals surface area contributed by atoms with Crippen LogP contribution >= 0.6 is 12.6 Å². The molecule has 0 amide bonds. The van der Waals surface area contributed by atoms with Crippen LogP contribution < -0.4 is 0 Å². The van der Waals surface area contributed by atoms with Crippen molar-refractivity contribution in [3.63, 3.8) is 0 Å². The summed E-state index contributed by atoms with van der Waals surface area (Å²) < 4.78 is 0. The van der Waals surface area contributed by atoms with Gasteiger partial charge in [0.05, 0.1) is 0 Å². The van der Waals surface area contributed by atoms with Crippen molar-refractivity contribution in [3.8, 4) is 0 Å². The van der Waals surface area contributed by atoms with Crippen LogP contribution in [-0.2, 0) is 4.79 Å². The Morgan fingerprint density at radius 3 is 2.50 bits per heavy atom. The fourth-order valence-corrected chi connectivity index (χ4v) is 0.101. The van der Waals surface area contributed by atoms with E-state index in [4.69, 9.17) is 5.53 Å². The lowest BCUT2D eigenvalue weighted by atomic mass is 10.9. The number of hydrogen-bond acceptors (Lipinski definition) is 1. The number of carbonyl (C=O) groups excluding carboxylic acids is 1. The van der Waals surface area contributed by atoms with Crippen LogP contribution in [0.3, 0.4) is 0 Å². The monoisotopic (exact) mass is 102 g/mol. The van der Waals surface area contributed by atoms with E-state index in [0.29, 0.717) is 6.21 Å². The molecule has 0 aliphatic heterocycles. The summed E-state index contributed by atoms with van der Waals surface area (Å²) in [4.78, 5) is 12.0. The van der Waals surface area contributed by atoms with Gasteiger partial charge in [0.25, 0.3) is 5.12 Å². The quantitative estimate of drug-likeness (QED) is 0.211. The van der Waals surface area contributed by atoms with Crippen LogP contribution in [0.5, 0.6) is 0 Å². The number of nitrogens with zero attached hydrogens (tertiary/aromatic N) is 2. The molecule has 0 aliphatic rings. The zero-order valence-electron chi connectivity index (χ0n) is 2.83. The Morgan fingerprint density at radius 2 is 2.50 bits per heavy atom. The third-order valence-electron chi connectivity index (χ3n) is 0.168. The topological polar surface area (TPSA) is 53.5 Å². The van der Waals surface area contributed by atoms with Crippen molar-refractivity contribution >= 4 is 24.0 Å². The number of hydrogen-bond donors (Lipinski definition) is 1. The summed E-state index contributed by atoms with van der Waals surface area (Å²) in [6, 6.07) is 0. The Hall–Kier alpha value is -0.600. The Kier molecular flexibility index (Phi) is 2.36. The molecule has 0 saturated carbocycles. The van der Waals surface area contributed by atoms with Crippen LogP contribution in [-0.4, -0.2) is 16.1 Å². The van der Waals surface area contributed by atoms with Crippen LogP contribution in [0, 0.1) is 0 Å². The molecule has 0 aromatic carbocycles. The van der Waals surface area contributed by atoms with Crippen LogP contribution in [0.25, 0.3) is 5.53 Å². The SMILES string of the molecule is [N-]=[N+]=CC(=O)S. The van der Waals surface area contributed by atoms with Crippen molar-refractivity contribution in [1.82, 2.24) is 0 Å². The third kappa shape index (κ3) is 3.40. The summed E-state index contributed by atoms with van der Waals surface area (Å²) in [6.45, 7) is 0. The lowest BCUT2D eigenvalue weighted by molar-refractivity contribution is -0.108. The minimum absolute atomic E-state index is 0.558. The molecule has 0 saturated heterocycles. The second-order valence-corrected chi connectivity index (χ2v) is 1.02. The molecular weight excluding hydrogens is 100 g/mol. The van der Waals surface area contributed by atoms with Crippen molar-refractivity contribution in [2.45, 2.75) is 0 Å². The fourth-order valence-electron chi connectivity index (χ4n) is 0.0494. The lowest BCUT2D eigenvalue weighted by Crippen LogP contribution is -1.84. The summed E-state index contributed by atoms with van der Waals surface area (Å²) in [5.74, 6) is 0. The van der Waals surface area contributed by atoms with E-state index in [2.05, 4.69) is 17.4 Å². The van der Waals surface area contributed by atoms with Crippen LogP contribution in [0.4, 0.5) is 0 Å². The van der Waals surface area contributed by atoms with E-state index in [1.165, 1.54) is 0 Å². The maximum absolute atomic E-state index is 9.60. The molecule has 3 nitrogen and oxygen atoms in total. The van der Waals surface area contributed by atoms with Gasteiger partial charge in [0.15, 0.2) is 0 Å². The van der Waals surface area contributed by atoms with Gasteiger partial charge < -0.3 is 5.53 Å². The van der Waals surface area contributed by atoms with Gasteiger partial charge in [0, 0.05) is 0 Å². The van der Waals surface area contributed by atoms with Crippen molar-refractivity contribution < 1.29 is 9.58 Å². The summed E-state index contributed by atoms with van der Waals surface area (Å²) in [7, 11) is 0. The largest absolute Gasteiger partial charge is 0.361 e. The van der Waals surface area contributed by atoms with Crippen LogP contribution in [0.2, 0.25) is 0 Å². The summed E-state index contributed by atoms with van der Waals surface area (Å²) in [5, 5.41) is -0.558. The van der Waals surface area contributed by atoms with Crippen molar-refractivity contribution in [1.29, 1.82) is 0 Å². The molecule has 0 aromatic rings. The fraction of sp³-hybridized carbons (Fsp3) is 0. The first-order valence-corrected chi connectivity index (χ1v) is 1.62. The van der Waals surface area contributed by atoms with Gasteiger partial charge in [-0.25, -0.2) is 0 Å². The molecule has 0 bridgehead atoms. The Balaban J connectivity index is 3.60. The molecule has 0 N–H and O–H groups in total.